The molecule has 0 atom stereocenters. The number of aromatic nitrogens is 1. The third-order valence-electron chi connectivity index (χ3n) is 3.25. The molecule has 3 nitrogen and oxygen atoms in total. The van der Waals surface area contributed by atoms with E-state index >= 15 is 0 Å². The highest BCUT2D eigenvalue weighted by Crippen LogP contribution is 2.33. The topological polar surface area (TPSA) is 52.0 Å². The molecule has 0 fully saturated rings. The number of nitrogens with zero attached hydrogens (tertiary/aromatic N) is 1. The number of halogens is 1. The van der Waals surface area contributed by atoms with Crippen LogP contribution < -0.4 is 5.73 Å². The van der Waals surface area contributed by atoms with E-state index in [2.05, 4.69) is 25.1 Å². The molecule has 2 N–H and O–H groups in total. The second kappa shape index (κ2) is 5.44. The van der Waals surface area contributed by atoms with Gasteiger partial charge in [0, 0.05) is 16.7 Å². The lowest BCUT2D eigenvalue weighted by atomic mass is 9.93. The third kappa shape index (κ3) is 2.51. The van der Waals surface area contributed by atoms with Crippen LogP contribution in [0.2, 0.25) is 5.02 Å². The first-order valence-corrected chi connectivity index (χ1v) is 6.55. The Kier molecular flexibility index (Phi) is 3.92. The summed E-state index contributed by atoms with van der Waals surface area (Å²) in [5.74, 6) is 0.819. The Morgan fingerprint density at radius 3 is 2.50 bits per heavy atom. The van der Waals surface area contributed by atoms with Gasteiger partial charge in [-0.3, -0.25) is 0 Å². The van der Waals surface area contributed by atoms with Crippen LogP contribution in [0.1, 0.15) is 38.2 Å². The third-order valence-corrected chi connectivity index (χ3v) is 3.58. The minimum atomic E-state index is 0.310. The van der Waals surface area contributed by atoms with Crippen molar-refractivity contribution < 1.29 is 4.52 Å². The van der Waals surface area contributed by atoms with Crippen LogP contribution >= 0.6 is 11.6 Å². The minimum Gasteiger partial charge on any atom is -0.368 e. The molecule has 18 heavy (non-hydrogen) atoms. The van der Waals surface area contributed by atoms with E-state index in [0.29, 0.717) is 17.5 Å². The molecule has 4 heteroatoms. The van der Waals surface area contributed by atoms with Crippen molar-refractivity contribution in [1.82, 2.24) is 5.16 Å². The van der Waals surface area contributed by atoms with E-state index < -0.39 is 0 Å². The first kappa shape index (κ1) is 13.0. The van der Waals surface area contributed by atoms with E-state index in [9.17, 15) is 0 Å². The van der Waals surface area contributed by atoms with Gasteiger partial charge in [-0.05, 0) is 30.4 Å². The number of benzene rings is 1. The van der Waals surface area contributed by atoms with Crippen LogP contribution in [-0.4, -0.2) is 5.16 Å². The van der Waals surface area contributed by atoms with Crippen LogP contribution in [0.4, 0.5) is 5.88 Å². The van der Waals surface area contributed by atoms with Gasteiger partial charge < -0.3 is 10.3 Å². The van der Waals surface area contributed by atoms with Gasteiger partial charge in [-0.15, -0.1) is 0 Å². The second-order valence-electron chi connectivity index (χ2n) is 4.36. The molecule has 0 aliphatic carbocycles. The maximum atomic E-state index is 6.35. The zero-order valence-electron chi connectivity index (χ0n) is 10.6. The lowest BCUT2D eigenvalue weighted by Gasteiger charge is -2.15. The maximum Gasteiger partial charge on any atom is 0.222 e. The molecule has 1 heterocycles. The monoisotopic (exact) mass is 264 g/mol. The van der Waals surface area contributed by atoms with Gasteiger partial charge in [0.15, 0.2) is 0 Å². The summed E-state index contributed by atoms with van der Waals surface area (Å²) in [6.07, 6.45) is 2.18. The fourth-order valence-electron chi connectivity index (χ4n) is 2.17. The van der Waals surface area contributed by atoms with Crippen LogP contribution in [0.5, 0.6) is 0 Å². The number of nitrogens with two attached hydrogens (primary N) is 1. The highest BCUT2D eigenvalue weighted by atomic mass is 35.5. The SMILES string of the molecule is CCC(CC)c1ccc(-c2cc(N)on2)cc1Cl. The molecule has 0 saturated carbocycles. The molecular weight excluding hydrogens is 248 g/mol. The average Bonchev–Trinajstić information content (AvgIpc) is 2.79. The number of hydrogen-bond donors (Lipinski definition) is 1. The quantitative estimate of drug-likeness (QED) is 0.886. The van der Waals surface area contributed by atoms with E-state index in [1.165, 1.54) is 5.56 Å². The average molecular weight is 265 g/mol. The molecule has 2 rings (SSSR count). The van der Waals surface area contributed by atoms with Gasteiger partial charge in [0.2, 0.25) is 5.88 Å². The first-order chi connectivity index (χ1) is 8.65. The summed E-state index contributed by atoms with van der Waals surface area (Å²) in [6.45, 7) is 4.35. The Bertz CT molecular complexity index is 532. The summed E-state index contributed by atoms with van der Waals surface area (Å²) in [4.78, 5) is 0. The lowest BCUT2D eigenvalue weighted by molar-refractivity contribution is 0.439. The molecule has 0 spiro atoms. The molecular formula is C14H17ClN2O. The number of hydrogen-bond acceptors (Lipinski definition) is 3. The molecule has 0 radical (unpaired) electrons. The molecule has 0 bridgehead atoms. The minimum absolute atomic E-state index is 0.310. The van der Waals surface area contributed by atoms with Crippen LogP contribution in [0.3, 0.4) is 0 Å². The van der Waals surface area contributed by atoms with Gasteiger partial charge in [0.25, 0.3) is 0 Å². The predicted octanol–water partition coefficient (Wildman–Crippen LogP) is 4.48. The van der Waals surface area contributed by atoms with E-state index in [1.54, 1.807) is 6.07 Å². The van der Waals surface area contributed by atoms with Crippen LogP contribution in [0.15, 0.2) is 28.8 Å². The zero-order chi connectivity index (χ0) is 13.1. The maximum absolute atomic E-state index is 6.35. The molecule has 0 aliphatic heterocycles. The van der Waals surface area contributed by atoms with Crippen molar-refractivity contribution in [1.29, 1.82) is 0 Å². The Labute approximate surface area is 112 Å². The van der Waals surface area contributed by atoms with Crippen molar-refractivity contribution in [3.63, 3.8) is 0 Å². The molecule has 2 aromatic rings. The predicted molar refractivity (Wildman–Crippen MR) is 74.7 cm³/mol. The highest BCUT2D eigenvalue weighted by molar-refractivity contribution is 6.31. The van der Waals surface area contributed by atoms with Gasteiger partial charge in [-0.1, -0.05) is 42.7 Å². The molecule has 1 aromatic carbocycles. The van der Waals surface area contributed by atoms with Gasteiger partial charge in [0.05, 0.1) is 0 Å². The first-order valence-electron chi connectivity index (χ1n) is 6.17. The van der Waals surface area contributed by atoms with E-state index in [4.69, 9.17) is 21.9 Å². The fourth-order valence-corrected chi connectivity index (χ4v) is 2.51. The van der Waals surface area contributed by atoms with Crippen LogP contribution in [-0.2, 0) is 0 Å². The van der Waals surface area contributed by atoms with Gasteiger partial charge in [0.1, 0.15) is 5.69 Å². The molecule has 1 aromatic heterocycles. The largest absolute Gasteiger partial charge is 0.368 e. The van der Waals surface area contributed by atoms with Gasteiger partial charge in [-0.25, -0.2) is 0 Å². The Morgan fingerprint density at radius 1 is 1.28 bits per heavy atom. The summed E-state index contributed by atoms with van der Waals surface area (Å²) in [6, 6.07) is 7.70. The van der Waals surface area contributed by atoms with E-state index in [-0.39, 0.29) is 0 Å². The summed E-state index contributed by atoms with van der Waals surface area (Å²) in [5.41, 5.74) is 8.35. The normalized spacial score (nSPS) is 11.1. The van der Waals surface area contributed by atoms with Gasteiger partial charge in [-0.2, -0.15) is 0 Å². The number of anilines is 1. The number of rotatable bonds is 4. The second-order valence-corrected chi connectivity index (χ2v) is 4.77. The Balaban J connectivity index is 2.35. The zero-order valence-corrected chi connectivity index (χ0v) is 11.4. The van der Waals surface area contributed by atoms with Crippen LogP contribution in [0.25, 0.3) is 11.3 Å². The summed E-state index contributed by atoms with van der Waals surface area (Å²) in [7, 11) is 0. The van der Waals surface area contributed by atoms with Crippen molar-refractivity contribution in [2.24, 2.45) is 0 Å². The summed E-state index contributed by atoms with van der Waals surface area (Å²) in [5, 5.41) is 4.66. The van der Waals surface area contributed by atoms with Crippen LogP contribution in [0, 0.1) is 0 Å². The van der Waals surface area contributed by atoms with Crippen molar-refractivity contribution in [3.05, 3.63) is 34.9 Å². The lowest BCUT2D eigenvalue weighted by Crippen LogP contribution is -1.96. The van der Waals surface area contributed by atoms with E-state index in [1.807, 2.05) is 12.1 Å². The molecule has 0 aliphatic rings. The Hall–Kier alpha value is -1.48. The van der Waals surface area contributed by atoms with Crippen molar-refractivity contribution in [2.45, 2.75) is 32.6 Å². The van der Waals surface area contributed by atoms with Crippen molar-refractivity contribution >= 4 is 17.5 Å². The standard InChI is InChI=1S/C14H17ClN2O/c1-3-9(4-2)11-6-5-10(7-12(11)15)13-8-14(16)18-17-13/h5-9H,3-4,16H2,1-2H3. The van der Waals surface area contributed by atoms with Crippen molar-refractivity contribution in [3.8, 4) is 11.3 Å². The smallest absolute Gasteiger partial charge is 0.222 e. The fraction of sp³-hybridized carbons (Fsp3) is 0.357. The summed E-state index contributed by atoms with van der Waals surface area (Å²) < 4.78 is 4.86. The molecule has 0 unspecified atom stereocenters. The highest BCUT2D eigenvalue weighted by Gasteiger charge is 2.13. The van der Waals surface area contributed by atoms with Crippen molar-refractivity contribution in [2.75, 3.05) is 5.73 Å². The Morgan fingerprint density at radius 2 is 2.00 bits per heavy atom. The number of nitrogen functional groups attached to an aromatic ring is 1. The molecule has 96 valence electrons. The summed E-state index contributed by atoms with van der Waals surface area (Å²) >= 11 is 6.35. The molecule has 0 amide bonds. The van der Waals surface area contributed by atoms with E-state index in [0.717, 1.165) is 23.4 Å². The van der Waals surface area contributed by atoms with Gasteiger partial charge >= 0.3 is 0 Å². The molecule has 0 saturated heterocycles.